The van der Waals surface area contributed by atoms with E-state index in [1.807, 2.05) is 48.7 Å². The Kier molecular flexibility index (Phi) is 3.30. The van der Waals surface area contributed by atoms with E-state index in [2.05, 4.69) is 29.3 Å². The van der Waals surface area contributed by atoms with E-state index in [1.54, 1.807) is 0 Å². The van der Waals surface area contributed by atoms with E-state index in [0.29, 0.717) is 0 Å². The highest BCUT2D eigenvalue weighted by Gasteiger charge is 1.94. The quantitative estimate of drug-likeness (QED) is 0.562. The molecule has 0 spiro atoms. The summed E-state index contributed by atoms with van der Waals surface area (Å²) in [6.45, 7) is 0. The molecular weight excluding hydrogens is 254 g/mol. The summed E-state index contributed by atoms with van der Waals surface area (Å²) < 4.78 is 0. The summed E-state index contributed by atoms with van der Waals surface area (Å²) >= 11 is 5.94. The third kappa shape index (κ3) is 2.83. The normalized spacial score (nSPS) is 11.2. The van der Waals surface area contributed by atoms with Crippen LogP contribution in [0.5, 0.6) is 0 Å². The molecule has 0 N–H and O–H groups in total. The fourth-order valence-electron chi connectivity index (χ4n) is 1.99. The molecule has 0 radical (unpaired) electrons. The summed E-state index contributed by atoms with van der Waals surface area (Å²) in [5.74, 6) is 0. The van der Waals surface area contributed by atoms with Gasteiger partial charge in [-0.2, -0.15) is 0 Å². The smallest absolute Gasteiger partial charge is 0.0636 e. The number of hydrogen-bond acceptors (Lipinski definition) is 1. The van der Waals surface area contributed by atoms with E-state index in [1.165, 1.54) is 10.8 Å². The van der Waals surface area contributed by atoms with Crippen LogP contribution in [0, 0.1) is 0 Å². The van der Waals surface area contributed by atoms with Crippen molar-refractivity contribution in [1.82, 2.24) is 0 Å². The number of halogens is 1. The van der Waals surface area contributed by atoms with Crippen molar-refractivity contribution in [2.75, 3.05) is 0 Å². The summed E-state index contributed by atoms with van der Waals surface area (Å²) in [6, 6.07) is 22.1. The molecule has 0 saturated heterocycles. The first-order chi connectivity index (χ1) is 9.31. The van der Waals surface area contributed by atoms with Gasteiger partial charge in [0, 0.05) is 11.2 Å². The molecule has 0 fully saturated rings. The van der Waals surface area contributed by atoms with Crippen molar-refractivity contribution < 1.29 is 0 Å². The van der Waals surface area contributed by atoms with Crippen molar-refractivity contribution in [3.8, 4) is 0 Å². The second kappa shape index (κ2) is 5.25. The Morgan fingerprint density at radius 3 is 2.47 bits per heavy atom. The summed E-state index contributed by atoms with van der Waals surface area (Å²) in [5, 5.41) is 3.15. The number of nitrogens with zero attached hydrogens (tertiary/aromatic N) is 1. The third-order valence-electron chi connectivity index (χ3n) is 2.94. The Labute approximate surface area is 117 Å². The van der Waals surface area contributed by atoms with Gasteiger partial charge in [-0.25, -0.2) is 0 Å². The van der Waals surface area contributed by atoms with Crippen molar-refractivity contribution >= 4 is 34.3 Å². The van der Waals surface area contributed by atoms with Crippen LogP contribution in [0.25, 0.3) is 10.8 Å². The van der Waals surface area contributed by atoms with Crippen LogP contribution in [0.3, 0.4) is 0 Å². The minimum Gasteiger partial charge on any atom is -0.256 e. The highest BCUT2D eigenvalue weighted by molar-refractivity contribution is 6.30. The fourth-order valence-corrected chi connectivity index (χ4v) is 2.19. The van der Waals surface area contributed by atoms with Crippen LogP contribution in [0.15, 0.2) is 71.7 Å². The number of aliphatic imine (C=N–C) groups is 1. The maximum Gasteiger partial charge on any atom is 0.0636 e. The lowest BCUT2D eigenvalue weighted by Gasteiger charge is -1.99. The molecule has 3 aromatic carbocycles. The molecule has 0 amide bonds. The number of rotatable bonds is 2. The molecule has 1 nitrogen and oxygen atoms in total. The zero-order chi connectivity index (χ0) is 13.1. The molecule has 0 saturated carbocycles. The van der Waals surface area contributed by atoms with Crippen LogP contribution in [-0.4, -0.2) is 6.21 Å². The van der Waals surface area contributed by atoms with Gasteiger partial charge in [0.05, 0.1) is 5.69 Å². The van der Waals surface area contributed by atoms with E-state index in [0.717, 1.165) is 16.3 Å². The number of hydrogen-bond donors (Lipinski definition) is 0. The van der Waals surface area contributed by atoms with Gasteiger partial charge in [0.15, 0.2) is 0 Å². The minimum atomic E-state index is 0.725. The van der Waals surface area contributed by atoms with Crippen LogP contribution >= 0.6 is 11.6 Å². The highest BCUT2D eigenvalue weighted by Crippen LogP contribution is 2.21. The van der Waals surface area contributed by atoms with Crippen LogP contribution in [0.4, 0.5) is 5.69 Å². The van der Waals surface area contributed by atoms with E-state index in [4.69, 9.17) is 11.6 Å². The molecule has 19 heavy (non-hydrogen) atoms. The maximum absolute atomic E-state index is 5.94. The van der Waals surface area contributed by atoms with Crippen molar-refractivity contribution in [3.05, 3.63) is 77.3 Å². The molecule has 2 heteroatoms. The van der Waals surface area contributed by atoms with E-state index in [9.17, 15) is 0 Å². The molecule has 0 unspecified atom stereocenters. The summed E-state index contributed by atoms with van der Waals surface area (Å²) in [6.07, 6.45) is 1.83. The second-order valence-corrected chi connectivity index (χ2v) is 4.78. The Balaban J connectivity index is 1.92. The number of benzene rings is 3. The summed E-state index contributed by atoms with van der Waals surface area (Å²) in [7, 11) is 0. The molecule has 92 valence electrons. The van der Waals surface area contributed by atoms with Crippen LogP contribution in [0.1, 0.15) is 5.56 Å². The van der Waals surface area contributed by atoms with Crippen LogP contribution in [0.2, 0.25) is 5.02 Å². The Morgan fingerprint density at radius 1 is 0.789 bits per heavy atom. The molecule has 0 aliphatic heterocycles. The van der Waals surface area contributed by atoms with Gasteiger partial charge in [-0.15, -0.1) is 0 Å². The third-order valence-corrected chi connectivity index (χ3v) is 3.18. The van der Waals surface area contributed by atoms with E-state index in [-0.39, 0.29) is 0 Å². The first-order valence-corrected chi connectivity index (χ1v) is 6.47. The van der Waals surface area contributed by atoms with Gasteiger partial charge >= 0.3 is 0 Å². The molecule has 0 aliphatic carbocycles. The summed E-state index contributed by atoms with van der Waals surface area (Å²) in [5.41, 5.74) is 1.94. The van der Waals surface area contributed by atoms with Gasteiger partial charge in [-0.05, 0) is 40.6 Å². The fraction of sp³-hybridized carbons (Fsp3) is 0. The highest BCUT2D eigenvalue weighted by atomic mass is 35.5. The van der Waals surface area contributed by atoms with Crippen molar-refractivity contribution in [3.63, 3.8) is 0 Å². The standard InChI is InChI=1S/C17H12ClN/c18-16-7-3-4-13(10-16)12-19-17-9-8-14-5-1-2-6-15(14)11-17/h1-12H. The van der Waals surface area contributed by atoms with Gasteiger partial charge in [0.1, 0.15) is 0 Å². The minimum absolute atomic E-state index is 0.725. The molecule has 0 aromatic heterocycles. The van der Waals surface area contributed by atoms with Gasteiger partial charge in [-0.3, -0.25) is 4.99 Å². The van der Waals surface area contributed by atoms with Crippen LogP contribution < -0.4 is 0 Å². The predicted octanol–water partition coefficient (Wildman–Crippen LogP) is 5.24. The lowest BCUT2D eigenvalue weighted by molar-refractivity contribution is 1.55. The van der Waals surface area contributed by atoms with Crippen molar-refractivity contribution in [2.45, 2.75) is 0 Å². The Bertz CT molecular complexity index is 747. The largest absolute Gasteiger partial charge is 0.256 e. The number of fused-ring (bicyclic) bond motifs is 1. The predicted molar refractivity (Wildman–Crippen MR) is 82.7 cm³/mol. The topological polar surface area (TPSA) is 12.4 Å². The molecular formula is C17H12ClN. The van der Waals surface area contributed by atoms with Gasteiger partial charge in [0.2, 0.25) is 0 Å². The Morgan fingerprint density at radius 2 is 1.63 bits per heavy atom. The van der Waals surface area contributed by atoms with E-state index >= 15 is 0 Å². The lowest BCUT2D eigenvalue weighted by atomic mass is 10.1. The van der Waals surface area contributed by atoms with Gasteiger partial charge in [-0.1, -0.05) is 54.1 Å². The first-order valence-electron chi connectivity index (χ1n) is 6.10. The van der Waals surface area contributed by atoms with Gasteiger partial charge < -0.3 is 0 Å². The SMILES string of the molecule is Clc1cccc(C=Nc2ccc3ccccc3c2)c1. The molecule has 3 rings (SSSR count). The zero-order valence-corrected chi connectivity index (χ0v) is 11.0. The Hall–Kier alpha value is -2.12. The molecule has 0 bridgehead atoms. The average Bonchev–Trinajstić information content (AvgIpc) is 2.45. The summed E-state index contributed by atoms with van der Waals surface area (Å²) in [4.78, 5) is 4.48. The zero-order valence-electron chi connectivity index (χ0n) is 10.3. The molecule has 0 heterocycles. The molecule has 0 atom stereocenters. The lowest BCUT2D eigenvalue weighted by Crippen LogP contribution is -1.79. The molecule has 0 aliphatic rings. The van der Waals surface area contributed by atoms with Gasteiger partial charge in [0.25, 0.3) is 0 Å². The first kappa shape index (κ1) is 11.9. The second-order valence-electron chi connectivity index (χ2n) is 4.34. The molecule has 3 aromatic rings. The van der Waals surface area contributed by atoms with Crippen LogP contribution in [-0.2, 0) is 0 Å². The average molecular weight is 266 g/mol. The van der Waals surface area contributed by atoms with Crippen molar-refractivity contribution in [1.29, 1.82) is 0 Å². The monoisotopic (exact) mass is 265 g/mol. The van der Waals surface area contributed by atoms with E-state index < -0.39 is 0 Å². The van der Waals surface area contributed by atoms with Crippen molar-refractivity contribution in [2.24, 2.45) is 4.99 Å². The maximum atomic E-state index is 5.94.